The fourth-order valence-electron chi connectivity index (χ4n) is 5.37. The Bertz CT molecular complexity index is 796. The number of esters is 2. The van der Waals surface area contributed by atoms with Gasteiger partial charge >= 0.3 is 11.9 Å². The number of carbonyl (C=O) groups is 2. The molecule has 2 saturated carbocycles. The number of hydrogen-bond donors (Lipinski definition) is 3. The first-order chi connectivity index (χ1) is 12.9. The van der Waals surface area contributed by atoms with Crippen LogP contribution in [0.1, 0.15) is 34.1 Å². The molecule has 9 unspecified atom stereocenters. The lowest BCUT2D eigenvalue weighted by atomic mass is 9.72. The first-order valence-corrected chi connectivity index (χ1v) is 9.45. The predicted molar refractivity (Wildman–Crippen MR) is 94.8 cm³/mol. The summed E-state index contributed by atoms with van der Waals surface area (Å²) >= 11 is 0. The Morgan fingerprint density at radius 3 is 2.61 bits per heavy atom. The minimum absolute atomic E-state index is 0.0888. The lowest BCUT2D eigenvalue weighted by molar-refractivity contribution is -0.193. The zero-order valence-corrected chi connectivity index (χ0v) is 16.3. The molecule has 0 aromatic rings. The van der Waals surface area contributed by atoms with Crippen LogP contribution in [-0.2, 0) is 23.8 Å². The largest absolute Gasteiger partial charge is 0.458 e. The summed E-state index contributed by atoms with van der Waals surface area (Å²) in [4.78, 5) is 24.6. The van der Waals surface area contributed by atoms with Crippen molar-refractivity contribution < 1.29 is 39.1 Å². The molecule has 2 aliphatic heterocycles. The summed E-state index contributed by atoms with van der Waals surface area (Å²) in [6.45, 7) is 10.0. The van der Waals surface area contributed by atoms with Crippen LogP contribution in [-0.4, -0.2) is 68.5 Å². The minimum atomic E-state index is -1.73. The van der Waals surface area contributed by atoms with Crippen LogP contribution in [0.4, 0.5) is 0 Å². The average Bonchev–Trinajstić information content (AvgIpc) is 3.28. The summed E-state index contributed by atoms with van der Waals surface area (Å²) in [5.74, 6) is -2.70. The SMILES string of the molecule is C=C1C(=O)OC2C1CC(OC(=O)C(C)=CC)C(C)(O)C13OC1C(O)C(C)(O)C23. The Balaban J connectivity index is 1.82. The molecule has 2 heterocycles. The Labute approximate surface area is 162 Å². The normalized spacial score (nSPS) is 52.3. The number of fused-ring (bicyclic) bond motifs is 2. The van der Waals surface area contributed by atoms with Gasteiger partial charge in [0.1, 0.15) is 35.6 Å². The molecule has 9 atom stereocenters. The lowest BCUT2D eigenvalue weighted by Crippen LogP contribution is -2.60. The van der Waals surface area contributed by atoms with Crippen LogP contribution in [0.25, 0.3) is 0 Å². The van der Waals surface area contributed by atoms with Crippen LogP contribution in [0.5, 0.6) is 0 Å². The molecule has 154 valence electrons. The molecular formula is C20H26O8. The number of rotatable bonds is 2. The van der Waals surface area contributed by atoms with Crippen molar-refractivity contribution in [3.05, 3.63) is 23.8 Å². The van der Waals surface area contributed by atoms with Gasteiger partial charge in [0, 0.05) is 17.1 Å². The molecule has 1 spiro atoms. The molecule has 28 heavy (non-hydrogen) atoms. The van der Waals surface area contributed by atoms with Crippen molar-refractivity contribution in [3.8, 4) is 0 Å². The quantitative estimate of drug-likeness (QED) is 0.339. The van der Waals surface area contributed by atoms with E-state index in [9.17, 15) is 24.9 Å². The predicted octanol–water partition coefficient (Wildman–Crippen LogP) is -0.00380. The second kappa shape index (κ2) is 5.66. The van der Waals surface area contributed by atoms with Gasteiger partial charge in [-0.3, -0.25) is 0 Å². The molecule has 8 nitrogen and oxygen atoms in total. The molecule has 4 fully saturated rings. The molecule has 0 aromatic heterocycles. The zero-order chi connectivity index (χ0) is 20.8. The molecular weight excluding hydrogens is 368 g/mol. The number of ether oxygens (including phenoxy) is 3. The summed E-state index contributed by atoms with van der Waals surface area (Å²) < 4.78 is 16.9. The standard InChI is InChI=1S/C20H26O8/c1-6-8(2)16(22)26-11-7-10-9(3)17(23)27-12(10)13-18(4,24)14(21)15-20(13,28-15)19(11,5)25/h6,10-15,21,24-25H,3,7H2,1-2,4-5H3. The summed E-state index contributed by atoms with van der Waals surface area (Å²) in [5, 5.41) is 33.2. The van der Waals surface area contributed by atoms with Crippen molar-refractivity contribution in [1.29, 1.82) is 0 Å². The number of epoxide rings is 1. The first-order valence-electron chi connectivity index (χ1n) is 9.45. The van der Waals surface area contributed by atoms with Gasteiger partial charge in [-0.1, -0.05) is 12.7 Å². The number of allylic oxidation sites excluding steroid dienone is 1. The van der Waals surface area contributed by atoms with Crippen molar-refractivity contribution in [1.82, 2.24) is 0 Å². The molecule has 2 aliphatic carbocycles. The Hall–Kier alpha value is -1.74. The summed E-state index contributed by atoms with van der Waals surface area (Å²) in [6, 6.07) is 0. The maximum Gasteiger partial charge on any atom is 0.334 e. The smallest absolute Gasteiger partial charge is 0.334 e. The monoisotopic (exact) mass is 394 g/mol. The fourth-order valence-corrected chi connectivity index (χ4v) is 5.37. The van der Waals surface area contributed by atoms with Gasteiger partial charge in [-0.2, -0.15) is 0 Å². The first kappa shape index (κ1) is 19.6. The van der Waals surface area contributed by atoms with Crippen molar-refractivity contribution in [2.45, 2.75) is 75.3 Å². The third-order valence-electron chi connectivity index (χ3n) is 7.23. The van der Waals surface area contributed by atoms with Gasteiger partial charge < -0.3 is 29.5 Å². The molecule has 4 rings (SSSR count). The molecule has 2 saturated heterocycles. The van der Waals surface area contributed by atoms with Crippen LogP contribution >= 0.6 is 0 Å². The van der Waals surface area contributed by atoms with Gasteiger partial charge in [0.15, 0.2) is 0 Å². The summed E-state index contributed by atoms with van der Waals surface area (Å²) in [5.41, 5.74) is -4.25. The van der Waals surface area contributed by atoms with Crippen molar-refractivity contribution in [2.75, 3.05) is 0 Å². The average molecular weight is 394 g/mol. The van der Waals surface area contributed by atoms with E-state index in [1.807, 2.05) is 0 Å². The van der Waals surface area contributed by atoms with E-state index in [2.05, 4.69) is 6.58 Å². The fraction of sp³-hybridized carbons (Fsp3) is 0.700. The van der Waals surface area contributed by atoms with Gasteiger partial charge in [0.2, 0.25) is 0 Å². The number of hydrogen-bond acceptors (Lipinski definition) is 8. The third-order valence-corrected chi connectivity index (χ3v) is 7.23. The second-order valence-corrected chi connectivity index (χ2v) is 8.73. The highest BCUT2D eigenvalue weighted by molar-refractivity contribution is 5.91. The summed E-state index contributed by atoms with van der Waals surface area (Å²) in [7, 11) is 0. The van der Waals surface area contributed by atoms with E-state index in [1.54, 1.807) is 19.9 Å². The van der Waals surface area contributed by atoms with Crippen LogP contribution in [0, 0.1) is 11.8 Å². The van der Waals surface area contributed by atoms with E-state index in [0.717, 1.165) is 0 Å². The van der Waals surface area contributed by atoms with Gasteiger partial charge in [0.25, 0.3) is 0 Å². The van der Waals surface area contributed by atoms with E-state index < -0.39 is 65.0 Å². The summed E-state index contributed by atoms with van der Waals surface area (Å²) in [6.07, 6.45) is -2.37. The lowest BCUT2D eigenvalue weighted by Gasteiger charge is -2.41. The van der Waals surface area contributed by atoms with Gasteiger partial charge in [-0.05, 0) is 34.1 Å². The van der Waals surface area contributed by atoms with E-state index in [1.165, 1.54) is 13.8 Å². The highest BCUT2D eigenvalue weighted by Crippen LogP contribution is 2.68. The molecule has 0 bridgehead atoms. The van der Waals surface area contributed by atoms with Crippen molar-refractivity contribution >= 4 is 11.9 Å². The van der Waals surface area contributed by atoms with Gasteiger partial charge in [0.05, 0.1) is 11.5 Å². The molecule has 0 amide bonds. The number of aliphatic hydroxyl groups is 3. The highest BCUT2D eigenvalue weighted by Gasteiger charge is 2.87. The number of aliphatic hydroxyl groups excluding tert-OH is 1. The molecule has 3 N–H and O–H groups in total. The van der Waals surface area contributed by atoms with Crippen LogP contribution < -0.4 is 0 Å². The topological polar surface area (TPSA) is 126 Å². The van der Waals surface area contributed by atoms with Gasteiger partial charge in [-0.25, -0.2) is 9.59 Å². The van der Waals surface area contributed by atoms with E-state index in [0.29, 0.717) is 5.57 Å². The molecule has 0 aromatic carbocycles. The number of carbonyl (C=O) groups excluding carboxylic acids is 2. The van der Waals surface area contributed by atoms with Crippen molar-refractivity contribution in [2.24, 2.45) is 11.8 Å². The Morgan fingerprint density at radius 1 is 1.36 bits per heavy atom. The Morgan fingerprint density at radius 2 is 2.00 bits per heavy atom. The maximum absolute atomic E-state index is 12.4. The highest BCUT2D eigenvalue weighted by atomic mass is 16.7. The third kappa shape index (κ3) is 2.14. The van der Waals surface area contributed by atoms with E-state index >= 15 is 0 Å². The van der Waals surface area contributed by atoms with Crippen molar-refractivity contribution in [3.63, 3.8) is 0 Å². The van der Waals surface area contributed by atoms with Crippen LogP contribution in [0.2, 0.25) is 0 Å². The second-order valence-electron chi connectivity index (χ2n) is 8.73. The molecule has 4 aliphatic rings. The minimum Gasteiger partial charge on any atom is -0.458 e. The van der Waals surface area contributed by atoms with E-state index in [4.69, 9.17) is 14.2 Å². The molecule has 8 heteroatoms. The van der Waals surface area contributed by atoms with Crippen LogP contribution in [0.3, 0.4) is 0 Å². The Kier molecular flexibility index (Phi) is 3.95. The van der Waals surface area contributed by atoms with Crippen LogP contribution in [0.15, 0.2) is 23.8 Å². The zero-order valence-electron chi connectivity index (χ0n) is 16.3. The van der Waals surface area contributed by atoms with E-state index in [-0.39, 0.29) is 12.0 Å². The maximum atomic E-state index is 12.4. The molecule has 0 radical (unpaired) electrons. The van der Waals surface area contributed by atoms with Gasteiger partial charge in [-0.15, -0.1) is 0 Å².